The van der Waals surface area contributed by atoms with Crippen LogP contribution in [-0.2, 0) is 14.1 Å². The maximum atomic E-state index is 8.81. The van der Waals surface area contributed by atoms with Gasteiger partial charge in [0.15, 0.2) is 0 Å². The van der Waals surface area contributed by atoms with Gasteiger partial charge in [-0.3, -0.25) is 0 Å². The van der Waals surface area contributed by atoms with Crippen molar-refractivity contribution in [1.29, 1.82) is 0 Å². The van der Waals surface area contributed by atoms with Crippen molar-refractivity contribution in [3.8, 4) is 0 Å². The molecule has 25 heavy (non-hydrogen) atoms. The Balaban J connectivity index is -0.000000297. The summed E-state index contributed by atoms with van der Waals surface area (Å²) in [6, 6.07) is 0. The quantitative estimate of drug-likeness (QED) is 0.289. The minimum atomic E-state index is -0.160. The standard InChI is InChI=1S/C9H20.C7H15BO2.C3H8.C2H4O/c1-3-5-7-9-8-6-4-2;1-6(2)7(3,4)10-8(5)9-6;1-3-2;1-2-3/h3-9H2,1-2H3;1-5H3;3H2,1-2H3;2H,1H3. The van der Waals surface area contributed by atoms with E-state index in [0.29, 0.717) is 0 Å². The van der Waals surface area contributed by atoms with Crippen LogP contribution < -0.4 is 0 Å². The zero-order valence-electron chi connectivity index (χ0n) is 19.0. The van der Waals surface area contributed by atoms with Gasteiger partial charge in [0.2, 0.25) is 0 Å². The molecular formula is C21H47BO3. The number of aldehydes is 1. The van der Waals surface area contributed by atoms with Gasteiger partial charge in [0.1, 0.15) is 6.29 Å². The highest BCUT2D eigenvalue weighted by Crippen LogP contribution is 2.36. The lowest BCUT2D eigenvalue weighted by Crippen LogP contribution is -2.41. The molecule has 1 saturated heterocycles. The average molecular weight is 358 g/mol. The van der Waals surface area contributed by atoms with E-state index in [1.807, 2.05) is 6.82 Å². The van der Waals surface area contributed by atoms with Crippen molar-refractivity contribution in [2.45, 2.75) is 132 Å². The highest BCUT2D eigenvalue weighted by Gasteiger charge is 2.48. The van der Waals surface area contributed by atoms with Crippen LogP contribution in [0, 0.1) is 0 Å². The van der Waals surface area contributed by atoms with Crippen LogP contribution in [0.2, 0.25) is 6.82 Å². The molecule has 1 aliphatic heterocycles. The first-order chi connectivity index (χ1) is 11.6. The summed E-state index contributed by atoms with van der Waals surface area (Å²) in [5.41, 5.74) is -0.321. The van der Waals surface area contributed by atoms with Gasteiger partial charge in [-0.1, -0.05) is 79.1 Å². The van der Waals surface area contributed by atoms with E-state index in [1.54, 1.807) is 0 Å². The fourth-order valence-electron chi connectivity index (χ4n) is 2.17. The Kier molecular flexibility index (Phi) is 21.7. The first kappa shape index (κ1) is 29.4. The fourth-order valence-corrected chi connectivity index (χ4v) is 2.17. The fraction of sp³-hybridized carbons (Fsp3) is 0.952. The number of hydrogen-bond acceptors (Lipinski definition) is 3. The Morgan fingerprint density at radius 1 is 0.760 bits per heavy atom. The molecule has 0 N–H and O–H groups in total. The van der Waals surface area contributed by atoms with Crippen LogP contribution in [0.4, 0.5) is 0 Å². The predicted molar refractivity (Wildman–Crippen MR) is 113 cm³/mol. The van der Waals surface area contributed by atoms with Crippen LogP contribution >= 0.6 is 0 Å². The number of rotatable bonds is 6. The smallest absolute Gasteiger partial charge is 0.403 e. The van der Waals surface area contributed by atoms with Gasteiger partial charge in [0.05, 0.1) is 11.2 Å². The van der Waals surface area contributed by atoms with E-state index in [0.717, 1.165) is 6.29 Å². The molecule has 0 saturated carbocycles. The summed E-state index contributed by atoms with van der Waals surface area (Å²) >= 11 is 0. The van der Waals surface area contributed by atoms with Crippen LogP contribution in [0.1, 0.15) is 114 Å². The van der Waals surface area contributed by atoms with E-state index < -0.39 is 0 Å². The van der Waals surface area contributed by atoms with E-state index in [9.17, 15) is 0 Å². The molecule has 0 spiro atoms. The minimum Gasteiger partial charge on any atom is -0.403 e. The zero-order chi connectivity index (χ0) is 20.4. The molecule has 0 aliphatic carbocycles. The van der Waals surface area contributed by atoms with Crippen molar-refractivity contribution < 1.29 is 14.1 Å². The van der Waals surface area contributed by atoms with Crippen molar-refractivity contribution in [2.24, 2.45) is 0 Å². The summed E-state index contributed by atoms with van der Waals surface area (Å²) < 4.78 is 11.1. The third-order valence-corrected chi connectivity index (χ3v) is 4.08. The van der Waals surface area contributed by atoms with Crippen molar-refractivity contribution in [3.63, 3.8) is 0 Å². The lowest BCUT2D eigenvalue weighted by molar-refractivity contribution is -0.106. The molecule has 0 atom stereocenters. The Morgan fingerprint density at radius 2 is 1.00 bits per heavy atom. The van der Waals surface area contributed by atoms with Gasteiger partial charge in [0.25, 0.3) is 0 Å². The number of carbonyl (C=O) groups excluding carboxylic acids is 1. The zero-order valence-corrected chi connectivity index (χ0v) is 19.0. The summed E-state index contributed by atoms with van der Waals surface area (Å²) in [4.78, 5) is 8.81. The van der Waals surface area contributed by atoms with Gasteiger partial charge in [-0.05, 0) is 41.4 Å². The van der Waals surface area contributed by atoms with Gasteiger partial charge in [-0.15, -0.1) is 0 Å². The Hall–Kier alpha value is -0.345. The molecule has 0 aromatic heterocycles. The molecular weight excluding hydrogens is 311 g/mol. The average Bonchev–Trinajstić information content (AvgIpc) is 2.67. The van der Waals surface area contributed by atoms with Crippen LogP contribution in [0.3, 0.4) is 0 Å². The van der Waals surface area contributed by atoms with Crippen LogP contribution in [-0.4, -0.2) is 24.6 Å². The molecule has 0 bridgehead atoms. The lowest BCUT2D eigenvalue weighted by atomic mass is 9.90. The first-order valence-electron chi connectivity index (χ1n) is 10.3. The van der Waals surface area contributed by atoms with E-state index in [1.165, 1.54) is 58.3 Å². The molecule has 0 aromatic carbocycles. The van der Waals surface area contributed by atoms with E-state index in [-0.39, 0.29) is 18.3 Å². The minimum absolute atomic E-state index is 0.0648. The molecule has 0 unspecified atom stereocenters. The summed E-state index contributed by atoms with van der Waals surface area (Å²) in [5.74, 6) is 0. The van der Waals surface area contributed by atoms with E-state index in [2.05, 4.69) is 55.4 Å². The second-order valence-corrected chi connectivity index (χ2v) is 7.53. The summed E-state index contributed by atoms with van der Waals surface area (Å²) in [6.07, 6.45) is 12.0. The predicted octanol–water partition coefficient (Wildman–Crippen LogP) is 7.09. The number of hydrogen-bond donors (Lipinski definition) is 0. The van der Waals surface area contributed by atoms with Gasteiger partial charge in [-0.25, -0.2) is 0 Å². The maximum Gasteiger partial charge on any atom is 0.454 e. The molecule has 3 nitrogen and oxygen atoms in total. The van der Waals surface area contributed by atoms with Crippen molar-refractivity contribution >= 4 is 13.4 Å². The van der Waals surface area contributed by atoms with E-state index >= 15 is 0 Å². The highest BCUT2D eigenvalue weighted by atomic mass is 16.7. The SMILES string of the molecule is CB1OC(C)(C)C(C)(C)O1.CC=O.CCC.CCCCCCCCC. The van der Waals surface area contributed by atoms with Crippen LogP contribution in [0.25, 0.3) is 0 Å². The lowest BCUT2D eigenvalue weighted by Gasteiger charge is -2.32. The van der Waals surface area contributed by atoms with Crippen LogP contribution in [0.15, 0.2) is 0 Å². The Morgan fingerprint density at radius 3 is 1.16 bits per heavy atom. The Bertz CT molecular complexity index is 256. The highest BCUT2D eigenvalue weighted by molar-refractivity contribution is 6.43. The molecule has 0 aromatic rings. The van der Waals surface area contributed by atoms with Crippen molar-refractivity contribution in [1.82, 2.24) is 0 Å². The van der Waals surface area contributed by atoms with Crippen molar-refractivity contribution in [3.05, 3.63) is 0 Å². The largest absolute Gasteiger partial charge is 0.454 e. The first-order valence-corrected chi connectivity index (χ1v) is 10.3. The van der Waals surface area contributed by atoms with Gasteiger partial charge >= 0.3 is 7.12 Å². The normalized spacial score (nSPS) is 16.5. The summed E-state index contributed by atoms with van der Waals surface area (Å²) in [5, 5.41) is 0. The van der Waals surface area contributed by atoms with Gasteiger partial charge in [0, 0.05) is 0 Å². The van der Waals surface area contributed by atoms with Gasteiger partial charge in [-0.2, -0.15) is 0 Å². The molecule has 152 valence electrons. The second kappa shape index (κ2) is 18.4. The number of unbranched alkanes of at least 4 members (excludes halogenated alkanes) is 6. The number of carbonyl (C=O) groups is 1. The topological polar surface area (TPSA) is 35.5 Å². The third-order valence-electron chi connectivity index (χ3n) is 4.08. The third kappa shape index (κ3) is 18.2. The molecule has 1 aliphatic rings. The molecule has 4 heteroatoms. The Labute approximate surface area is 159 Å². The summed E-state index contributed by atoms with van der Waals surface area (Å²) in [6.45, 7) is 20.4. The van der Waals surface area contributed by atoms with E-state index in [4.69, 9.17) is 14.1 Å². The monoisotopic (exact) mass is 358 g/mol. The second-order valence-electron chi connectivity index (χ2n) is 7.53. The maximum absolute atomic E-state index is 8.81. The van der Waals surface area contributed by atoms with Crippen LogP contribution in [0.5, 0.6) is 0 Å². The van der Waals surface area contributed by atoms with Gasteiger partial charge < -0.3 is 14.1 Å². The molecule has 1 fully saturated rings. The molecule has 0 radical (unpaired) electrons. The van der Waals surface area contributed by atoms with Crippen molar-refractivity contribution in [2.75, 3.05) is 0 Å². The molecule has 1 heterocycles. The molecule has 0 amide bonds. The molecule has 1 rings (SSSR count). The summed E-state index contributed by atoms with van der Waals surface area (Å²) in [7, 11) is -0.0648.